The highest BCUT2D eigenvalue weighted by atomic mass is 15.0. The average Bonchev–Trinajstić information content (AvgIpc) is 3.76. The molecule has 0 unspecified atom stereocenters. The van der Waals surface area contributed by atoms with Crippen LogP contribution in [0.5, 0.6) is 0 Å². The minimum absolute atomic E-state index is 0.00366. The lowest BCUT2D eigenvalue weighted by Crippen LogP contribution is -2.14. The summed E-state index contributed by atoms with van der Waals surface area (Å²) < 4.78 is 2.41. The molecule has 0 amide bonds. The maximum Gasteiger partial charge on any atom is 0.0781 e. The molecule has 2 heterocycles. The third-order valence-electron chi connectivity index (χ3n) is 11.4. The lowest BCUT2D eigenvalue weighted by molar-refractivity contribution is 0.660. The van der Waals surface area contributed by atoms with Crippen LogP contribution in [0.1, 0.15) is 25.0 Å². The van der Waals surface area contributed by atoms with Crippen LogP contribution in [-0.2, 0) is 5.41 Å². The molecule has 0 saturated heterocycles. The molecule has 11 rings (SSSR count). The first-order valence-electron chi connectivity index (χ1n) is 17.5. The first-order chi connectivity index (χ1) is 24.6. The van der Waals surface area contributed by atoms with E-state index < -0.39 is 0 Å². The second-order valence-electron chi connectivity index (χ2n) is 14.4. The Bertz CT molecular complexity index is 2870. The van der Waals surface area contributed by atoms with Crippen molar-refractivity contribution in [2.24, 2.45) is 0 Å². The van der Waals surface area contributed by atoms with Gasteiger partial charge in [0, 0.05) is 50.0 Å². The van der Waals surface area contributed by atoms with E-state index in [9.17, 15) is 0 Å². The van der Waals surface area contributed by atoms with Crippen LogP contribution < -0.4 is 0 Å². The largest absolute Gasteiger partial charge is 0.309 e. The second-order valence-corrected chi connectivity index (χ2v) is 14.4. The lowest BCUT2D eigenvalue weighted by atomic mass is 9.82. The molecule has 234 valence electrons. The Balaban J connectivity index is 1.06. The van der Waals surface area contributed by atoms with Crippen LogP contribution in [0.4, 0.5) is 0 Å². The van der Waals surface area contributed by atoms with Gasteiger partial charge in [-0.05, 0) is 86.5 Å². The Kier molecular flexibility index (Phi) is 5.48. The van der Waals surface area contributed by atoms with Crippen molar-refractivity contribution >= 4 is 32.6 Å². The van der Waals surface area contributed by atoms with Crippen LogP contribution in [-0.4, -0.2) is 9.55 Å². The standard InChI is InChI=1S/C48H32N2/c1-48(2)42-19-7-5-15-35(42)39-26-29(21-23-43(39)48)30-22-24-45-40(27-30)36-16-6-8-20-44(36)50(45)32-12-9-11-31(25-32)47-38-18-10-17-37-33-13-3-4-14-34(33)41(28-49-47)46(37)38/h3-28H,1-2H3. The smallest absolute Gasteiger partial charge is 0.0781 e. The van der Waals surface area contributed by atoms with E-state index >= 15 is 0 Å². The number of benzene rings is 7. The molecule has 2 aromatic heterocycles. The number of para-hydroxylation sites is 1. The summed E-state index contributed by atoms with van der Waals surface area (Å²) in [6.45, 7) is 4.68. The molecule has 2 aliphatic rings. The van der Waals surface area contributed by atoms with E-state index in [2.05, 4.69) is 176 Å². The van der Waals surface area contributed by atoms with Crippen LogP contribution >= 0.6 is 0 Å². The van der Waals surface area contributed by atoms with E-state index in [0.717, 1.165) is 16.9 Å². The summed E-state index contributed by atoms with van der Waals surface area (Å²) in [7, 11) is 0. The second kappa shape index (κ2) is 9.90. The number of fused-ring (bicyclic) bond motifs is 9. The van der Waals surface area contributed by atoms with Crippen molar-refractivity contribution in [1.29, 1.82) is 0 Å². The summed E-state index contributed by atoms with van der Waals surface area (Å²) in [5, 5.41) is 5.00. The summed E-state index contributed by atoms with van der Waals surface area (Å²) >= 11 is 0. The summed E-state index contributed by atoms with van der Waals surface area (Å²) in [6, 6.07) is 55.9. The van der Waals surface area contributed by atoms with Crippen LogP contribution in [0.2, 0.25) is 0 Å². The topological polar surface area (TPSA) is 17.8 Å². The van der Waals surface area contributed by atoms with Gasteiger partial charge in [-0.2, -0.15) is 0 Å². The van der Waals surface area contributed by atoms with Gasteiger partial charge >= 0.3 is 0 Å². The van der Waals surface area contributed by atoms with Crippen LogP contribution in [0.25, 0.3) is 94.0 Å². The number of hydrogen-bond acceptors (Lipinski definition) is 1. The Hall–Kier alpha value is -6.25. The minimum Gasteiger partial charge on any atom is -0.309 e. The first kappa shape index (κ1) is 27.7. The molecule has 2 heteroatoms. The highest BCUT2D eigenvalue weighted by molar-refractivity contribution is 6.18. The van der Waals surface area contributed by atoms with Crippen molar-refractivity contribution in [3.8, 4) is 61.5 Å². The predicted molar refractivity (Wildman–Crippen MR) is 209 cm³/mol. The molecule has 0 fully saturated rings. The Labute approximate surface area is 290 Å². The van der Waals surface area contributed by atoms with Gasteiger partial charge in [0.15, 0.2) is 0 Å². The molecule has 9 aromatic rings. The van der Waals surface area contributed by atoms with Gasteiger partial charge in [0.1, 0.15) is 0 Å². The third-order valence-corrected chi connectivity index (χ3v) is 11.4. The fraction of sp³-hybridized carbons (Fsp3) is 0.0625. The van der Waals surface area contributed by atoms with Gasteiger partial charge in [0.2, 0.25) is 0 Å². The number of rotatable bonds is 3. The average molecular weight is 637 g/mol. The maximum atomic E-state index is 5.11. The monoisotopic (exact) mass is 636 g/mol. The highest BCUT2D eigenvalue weighted by Gasteiger charge is 2.35. The Morgan fingerprint density at radius 2 is 1.10 bits per heavy atom. The number of hydrogen-bond donors (Lipinski definition) is 0. The Morgan fingerprint density at radius 3 is 2.00 bits per heavy atom. The van der Waals surface area contributed by atoms with Gasteiger partial charge < -0.3 is 4.57 Å². The summed E-state index contributed by atoms with van der Waals surface area (Å²) in [4.78, 5) is 5.11. The van der Waals surface area contributed by atoms with E-state index in [1.165, 1.54) is 88.2 Å². The van der Waals surface area contributed by atoms with Gasteiger partial charge in [0.25, 0.3) is 0 Å². The molecule has 7 aromatic carbocycles. The molecular weight excluding hydrogens is 605 g/mol. The minimum atomic E-state index is 0.00366. The molecule has 0 saturated carbocycles. The summed E-state index contributed by atoms with van der Waals surface area (Å²) in [6.07, 6.45) is 2.07. The van der Waals surface area contributed by atoms with Crippen molar-refractivity contribution in [3.05, 3.63) is 169 Å². The van der Waals surface area contributed by atoms with Crippen molar-refractivity contribution in [2.45, 2.75) is 19.3 Å². The molecule has 0 radical (unpaired) electrons. The fourth-order valence-corrected chi connectivity index (χ4v) is 9.04. The van der Waals surface area contributed by atoms with Gasteiger partial charge in [-0.3, -0.25) is 4.98 Å². The first-order valence-corrected chi connectivity index (χ1v) is 17.5. The molecular formula is C48H32N2. The van der Waals surface area contributed by atoms with Crippen molar-refractivity contribution in [3.63, 3.8) is 0 Å². The van der Waals surface area contributed by atoms with E-state index in [1.54, 1.807) is 0 Å². The van der Waals surface area contributed by atoms with Crippen LogP contribution in [0.15, 0.2) is 158 Å². The van der Waals surface area contributed by atoms with Gasteiger partial charge in [-0.15, -0.1) is 0 Å². The zero-order chi connectivity index (χ0) is 33.1. The summed E-state index contributed by atoms with van der Waals surface area (Å²) in [5.41, 5.74) is 18.7. The van der Waals surface area contributed by atoms with Gasteiger partial charge in [0.05, 0.1) is 16.7 Å². The number of pyridine rings is 1. The molecule has 2 nitrogen and oxygen atoms in total. The SMILES string of the molecule is CC1(C)c2ccccc2-c2cc(-c3ccc4c(c3)c3ccccc3n4-c3cccc(-c4ncc5c6c(cccc46)-c4ccccc4-5)c3)ccc21. The Morgan fingerprint density at radius 1 is 0.440 bits per heavy atom. The molecule has 0 aliphatic heterocycles. The van der Waals surface area contributed by atoms with E-state index in [4.69, 9.17) is 4.98 Å². The number of nitrogens with zero attached hydrogens (tertiary/aromatic N) is 2. The van der Waals surface area contributed by atoms with Crippen LogP contribution in [0.3, 0.4) is 0 Å². The summed E-state index contributed by atoms with van der Waals surface area (Å²) in [5.74, 6) is 0. The molecule has 0 spiro atoms. The van der Waals surface area contributed by atoms with Crippen molar-refractivity contribution in [2.75, 3.05) is 0 Å². The fourth-order valence-electron chi connectivity index (χ4n) is 9.04. The molecule has 50 heavy (non-hydrogen) atoms. The van der Waals surface area contributed by atoms with Crippen LogP contribution in [0, 0.1) is 0 Å². The third kappa shape index (κ3) is 3.65. The lowest BCUT2D eigenvalue weighted by Gasteiger charge is -2.21. The molecule has 2 aliphatic carbocycles. The van der Waals surface area contributed by atoms with E-state index in [-0.39, 0.29) is 5.41 Å². The van der Waals surface area contributed by atoms with Crippen molar-refractivity contribution < 1.29 is 0 Å². The normalized spacial score (nSPS) is 13.6. The van der Waals surface area contributed by atoms with Crippen molar-refractivity contribution in [1.82, 2.24) is 9.55 Å². The number of aromatic nitrogens is 2. The van der Waals surface area contributed by atoms with Gasteiger partial charge in [-0.1, -0.05) is 129 Å². The quantitative estimate of drug-likeness (QED) is 0.189. The maximum absolute atomic E-state index is 5.11. The highest BCUT2D eigenvalue weighted by Crippen LogP contribution is 2.50. The predicted octanol–water partition coefficient (Wildman–Crippen LogP) is 12.6. The molecule has 0 atom stereocenters. The van der Waals surface area contributed by atoms with Gasteiger partial charge in [-0.25, -0.2) is 0 Å². The van der Waals surface area contributed by atoms with E-state index in [0.29, 0.717) is 0 Å². The zero-order valence-electron chi connectivity index (χ0n) is 27.9. The zero-order valence-corrected chi connectivity index (χ0v) is 27.9. The van der Waals surface area contributed by atoms with E-state index in [1.807, 2.05) is 0 Å². The molecule has 0 N–H and O–H groups in total. The molecule has 0 bridgehead atoms.